The van der Waals surface area contributed by atoms with Crippen LogP contribution >= 0.6 is 0 Å². The number of anilines is 1. The van der Waals surface area contributed by atoms with Gasteiger partial charge in [0.1, 0.15) is 18.3 Å². The quantitative estimate of drug-likeness (QED) is 0.360. The highest BCUT2D eigenvalue weighted by molar-refractivity contribution is 6.00. The number of nitrogens with one attached hydrogen (secondary N) is 1. The number of rotatable bonds is 9. The summed E-state index contributed by atoms with van der Waals surface area (Å²) in [5.41, 5.74) is 7.71. The van der Waals surface area contributed by atoms with Gasteiger partial charge < -0.3 is 30.2 Å². The summed E-state index contributed by atoms with van der Waals surface area (Å²) in [6, 6.07) is 14.6. The fourth-order valence-corrected chi connectivity index (χ4v) is 5.87. The Balaban J connectivity index is 1.33. The lowest BCUT2D eigenvalue weighted by molar-refractivity contribution is -0.144. The second-order valence-corrected chi connectivity index (χ2v) is 10.7. The summed E-state index contributed by atoms with van der Waals surface area (Å²) in [5, 5.41) is 12.6. The predicted molar refractivity (Wildman–Crippen MR) is 146 cm³/mol. The van der Waals surface area contributed by atoms with Crippen molar-refractivity contribution in [3.8, 4) is 0 Å². The Morgan fingerprint density at radius 2 is 1.82 bits per heavy atom. The van der Waals surface area contributed by atoms with Crippen LogP contribution in [0.2, 0.25) is 0 Å². The Hall–Kier alpha value is -3.76. The number of halogens is 1. The number of nitrogens with two attached hydrogens (primary N) is 1. The van der Waals surface area contributed by atoms with Crippen molar-refractivity contribution in [1.82, 2.24) is 4.90 Å². The van der Waals surface area contributed by atoms with Crippen molar-refractivity contribution in [2.45, 2.75) is 56.9 Å². The fourth-order valence-electron chi connectivity index (χ4n) is 5.87. The van der Waals surface area contributed by atoms with E-state index in [0.717, 1.165) is 5.56 Å². The monoisotopic (exact) mass is 551 g/mol. The van der Waals surface area contributed by atoms with Gasteiger partial charge in [-0.2, -0.15) is 0 Å². The van der Waals surface area contributed by atoms with Gasteiger partial charge in [0.05, 0.1) is 12.7 Å². The predicted octanol–water partition coefficient (Wildman–Crippen LogP) is 4.36. The van der Waals surface area contributed by atoms with Gasteiger partial charge in [0, 0.05) is 29.6 Å². The third-order valence-electron chi connectivity index (χ3n) is 8.10. The largest absolute Gasteiger partial charge is 0.475 e. The molecule has 9 nitrogen and oxygen atoms in total. The molecule has 5 rings (SSSR count). The number of hydrogen-bond acceptors (Lipinski definition) is 6. The van der Waals surface area contributed by atoms with Gasteiger partial charge in [-0.3, -0.25) is 9.59 Å². The number of carbonyl (C=O) groups excluding carboxylic acids is 2. The molecule has 2 heterocycles. The van der Waals surface area contributed by atoms with E-state index in [4.69, 9.17) is 14.9 Å². The molecule has 1 saturated carbocycles. The van der Waals surface area contributed by atoms with E-state index in [-0.39, 0.29) is 29.4 Å². The minimum absolute atomic E-state index is 0.0631. The summed E-state index contributed by atoms with van der Waals surface area (Å²) in [7, 11) is 0. The van der Waals surface area contributed by atoms with Crippen molar-refractivity contribution in [2.75, 3.05) is 18.5 Å². The van der Waals surface area contributed by atoms with Gasteiger partial charge in [0.2, 0.25) is 17.6 Å². The highest BCUT2D eigenvalue weighted by Gasteiger charge is 2.45. The number of fused-ring (bicyclic) bond motifs is 1. The van der Waals surface area contributed by atoms with Crippen LogP contribution in [0.25, 0.3) is 11.0 Å². The van der Waals surface area contributed by atoms with Crippen LogP contribution < -0.4 is 11.1 Å². The molecule has 4 N–H and O–H groups in total. The number of carboxylic acids is 1. The summed E-state index contributed by atoms with van der Waals surface area (Å²) >= 11 is 0. The number of hydrogen-bond donors (Lipinski definition) is 3. The molecule has 0 unspecified atom stereocenters. The van der Waals surface area contributed by atoms with E-state index in [9.17, 15) is 23.9 Å². The van der Waals surface area contributed by atoms with E-state index < -0.39 is 30.8 Å². The Morgan fingerprint density at radius 3 is 2.52 bits per heavy atom. The molecule has 10 heteroatoms. The molecule has 40 heavy (non-hydrogen) atoms. The Morgan fingerprint density at radius 1 is 1.07 bits per heavy atom. The lowest BCUT2D eigenvalue weighted by Crippen LogP contribution is -2.50. The van der Waals surface area contributed by atoms with Gasteiger partial charge in [-0.15, -0.1) is 0 Å². The second-order valence-electron chi connectivity index (χ2n) is 10.7. The summed E-state index contributed by atoms with van der Waals surface area (Å²) < 4.78 is 24.6. The van der Waals surface area contributed by atoms with Crippen molar-refractivity contribution in [3.63, 3.8) is 0 Å². The van der Waals surface area contributed by atoms with Gasteiger partial charge in [0.25, 0.3) is 0 Å². The normalized spacial score (nSPS) is 23.7. The first-order valence-corrected chi connectivity index (χ1v) is 13.7. The zero-order valence-electron chi connectivity index (χ0n) is 22.1. The zero-order chi connectivity index (χ0) is 28.2. The molecule has 3 aromatic rings. The number of amides is 2. The molecular weight excluding hydrogens is 517 g/mol. The summed E-state index contributed by atoms with van der Waals surface area (Å²) in [4.78, 5) is 40.3. The van der Waals surface area contributed by atoms with E-state index in [0.29, 0.717) is 61.9 Å². The third kappa shape index (κ3) is 6.03. The van der Waals surface area contributed by atoms with Crippen LogP contribution in [0.3, 0.4) is 0 Å². The van der Waals surface area contributed by atoms with Crippen LogP contribution in [0.1, 0.15) is 48.2 Å². The van der Waals surface area contributed by atoms with Crippen molar-refractivity contribution in [1.29, 1.82) is 0 Å². The Bertz CT molecular complexity index is 1350. The maximum Gasteiger partial charge on any atom is 0.371 e. The van der Waals surface area contributed by atoms with Crippen molar-refractivity contribution < 1.29 is 33.0 Å². The van der Waals surface area contributed by atoms with Crippen LogP contribution in [0.4, 0.5) is 10.1 Å². The molecule has 2 aliphatic rings. The third-order valence-corrected chi connectivity index (χ3v) is 8.10. The van der Waals surface area contributed by atoms with Gasteiger partial charge in [0.15, 0.2) is 0 Å². The number of likely N-dealkylation sites (tertiary alicyclic amines) is 1. The molecule has 0 radical (unpaired) electrons. The van der Waals surface area contributed by atoms with E-state index in [1.54, 1.807) is 23.1 Å². The highest BCUT2D eigenvalue weighted by atomic mass is 19.1. The first-order chi connectivity index (χ1) is 19.3. The molecule has 1 aliphatic carbocycles. The number of benzene rings is 2. The van der Waals surface area contributed by atoms with Gasteiger partial charge in [-0.05, 0) is 67.9 Å². The number of alkyl halides is 1. The Kier molecular flexibility index (Phi) is 8.46. The van der Waals surface area contributed by atoms with E-state index in [2.05, 4.69) is 5.32 Å². The lowest BCUT2D eigenvalue weighted by atomic mass is 9.78. The highest BCUT2D eigenvalue weighted by Crippen LogP contribution is 2.34. The van der Waals surface area contributed by atoms with E-state index >= 15 is 0 Å². The maximum atomic E-state index is 13.7. The molecule has 3 atom stereocenters. The van der Waals surface area contributed by atoms with Gasteiger partial charge >= 0.3 is 5.97 Å². The van der Waals surface area contributed by atoms with Crippen LogP contribution in [0, 0.1) is 11.8 Å². The lowest BCUT2D eigenvalue weighted by Gasteiger charge is -2.34. The van der Waals surface area contributed by atoms with Crippen molar-refractivity contribution >= 4 is 34.4 Å². The molecule has 0 bridgehead atoms. The number of nitrogens with zero attached hydrogens (tertiary/aromatic N) is 1. The average molecular weight is 552 g/mol. The smallest absolute Gasteiger partial charge is 0.371 e. The maximum absolute atomic E-state index is 13.7. The second kappa shape index (κ2) is 12.2. The number of ether oxygens (including phenoxy) is 1. The molecule has 2 fully saturated rings. The first kappa shape index (κ1) is 27.8. The number of aromatic carboxylic acids is 1. The average Bonchev–Trinajstić information content (AvgIpc) is 3.60. The molecular formula is C30H34FN3O6. The number of furan rings is 1. The molecule has 1 aromatic heterocycles. The first-order valence-electron chi connectivity index (χ1n) is 13.7. The summed E-state index contributed by atoms with van der Waals surface area (Å²) in [6.07, 6.45) is 2.60. The fraction of sp³-hybridized carbons (Fsp3) is 0.433. The van der Waals surface area contributed by atoms with Crippen LogP contribution in [0.15, 0.2) is 59.0 Å². The standard InChI is InChI=1S/C30H34FN3O6/c31-16-23(32)19-6-8-20(9-7-19)29(36)34-13-12-25(39-17-18-4-2-1-3-5-18)27(34)28(35)33-22-10-11-24-21(14-22)15-26(40-24)30(37)38/h1-5,10-11,14-15,19-20,23,25,27H,6-9,12-13,16-17,32H2,(H,33,35)(H,37,38)/t19?,20?,23-,25+,27+/m1/s1. The molecule has 212 valence electrons. The van der Waals surface area contributed by atoms with Gasteiger partial charge in [-0.25, -0.2) is 9.18 Å². The molecule has 2 aromatic carbocycles. The van der Waals surface area contributed by atoms with Crippen LogP contribution in [-0.4, -0.2) is 59.2 Å². The minimum atomic E-state index is -1.18. The molecule has 1 saturated heterocycles. The Labute approximate surface area is 231 Å². The van der Waals surface area contributed by atoms with Crippen LogP contribution in [0.5, 0.6) is 0 Å². The van der Waals surface area contributed by atoms with Crippen molar-refractivity contribution in [3.05, 3.63) is 65.9 Å². The SMILES string of the molecule is N[C@H](CF)C1CCC(C(=O)N2CC[C@H](OCc3ccccc3)[C@H]2C(=O)Nc2ccc3oc(C(=O)O)cc3c2)CC1. The van der Waals surface area contributed by atoms with Crippen LogP contribution in [-0.2, 0) is 20.9 Å². The van der Waals surface area contributed by atoms with Gasteiger partial charge in [-0.1, -0.05) is 30.3 Å². The number of carboxylic acid groups (broad SMARTS) is 1. The summed E-state index contributed by atoms with van der Waals surface area (Å²) in [5.74, 6) is -2.02. The molecule has 2 amide bonds. The minimum Gasteiger partial charge on any atom is -0.475 e. The topological polar surface area (TPSA) is 135 Å². The summed E-state index contributed by atoms with van der Waals surface area (Å²) in [6.45, 7) is 0.131. The van der Waals surface area contributed by atoms with E-state index in [1.165, 1.54) is 6.07 Å². The van der Waals surface area contributed by atoms with E-state index in [1.807, 2.05) is 30.3 Å². The molecule has 0 spiro atoms. The molecule has 1 aliphatic heterocycles. The number of carbonyl (C=O) groups is 3. The zero-order valence-corrected chi connectivity index (χ0v) is 22.1. The van der Waals surface area contributed by atoms with Crippen molar-refractivity contribution in [2.24, 2.45) is 17.6 Å².